The first kappa shape index (κ1) is 13.1. The fraction of sp³-hybridized carbons (Fsp3) is 0.500. The number of nitrogens with zero attached hydrogens (tertiary/aromatic N) is 2. The quantitative estimate of drug-likeness (QED) is 0.846. The van der Waals surface area contributed by atoms with Gasteiger partial charge in [-0.05, 0) is 24.5 Å². The third kappa shape index (κ3) is 2.89. The van der Waals surface area contributed by atoms with Crippen molar-refractivity contribution >= 4 is 5.65 Å². The number of aryl methyl sites for hydroxylation is 1. The molecular formula is C14H21N3O. The molecule has 0 saturated heterocycles. The van der Waals surface area contributed by atoms with Crippen molar-refractivity contribution in [1.82, 2.24) is 14.7 Å². The van der Waals surface area contributed by atoms with Gasteiger partial charge in [-0.15, -0.1) is 0 Å². The molecule has 1 unspecified atom stereocenters. The molecule has 1 atom stereocenters. The molecule has 2 aromatic heterocycles. The van der Waals surface area contributed by atoms with Crippen molar-refractivity contribution in [3.05, 3.63) is 35.8 Å². The molecule has 2 aromatic rings. The van der Waals surface area contributed by atoms with Gasteiger partial charge in [0.05, 0.1) is 18.0 Å². The van der Waals surface area contributed by atoms with Crippen LogP contribution in [0.4, 0.5) is 0 Å². The molecule has 0 aliphatic carbocycles. The van der Waals surface area contributed by atoms with E-state index in [4.69, 9.17) is 0 Å². The first-order valence-electron chi connectivity index (χ1n) is 6.39. The molecule has 2 heterocycles. The highest BCUT2D eigenvalue weighted by Crippen LogP contribution is 2.08. The van der Waals surface area contributed by atoms with Crippen molar-refractivity contribution < 1.29 is 5.11 Å². The summed E-state index contributed by atoms with van der Waals surface area (Å²) < 4.78 is 2.09. The number of rotatable bonds is 5. The third-order valence-corrected chi connectivity index (χ3v) is 3.16. The molecule has 4 nitrogen and oxygen atoms in total. The molecular weight excluding hydrogens is 226 g/mol. The fourth-order valence-corrected chi connectivity index (χ4v) is 1.85. The second-order valence-corrected chi connectivity index (χ2v) is 5.13. The Kier molecular flexibility index (Phi) is 3.99. The minimum absolute atomic E-state index is 0.280. The summed E-state index contributed by atoms with van der Waals surface area (Å²) in [6.07, 6.45) is 3.66. The van der Waals surface area contributed by atoms with Gasteiger partial charge in [0.15, 0.2) is 0 Å². The minimum atomic E-state index is -0.300. The van der Waals surface area contributed by atoms with Crippen molar-refractivity contribution in [3.63, 3.8) is 0 Å². The topological polar surface area (TPSA) is 49.6 Å². The van der Waals surface area contributed by atoms with Gasteiger partial charge >= 0.3 is 0 Å². The zero-order chi connectivity index (χ0) is 13.1. The van der Waals surface area contributed by atoms with Crippen LogP contribution in [0.15, 0.2) is 24.5 Å². The van der Waals surface area contributed by atoms with E-state index in [1.807, 2.05) is 26.1 Å². The number of aromatic nitrogens is 2. The Balaban J connectivity index is 2.01. The standard InChI is InChI=1S/C14H21N3O/c1-10(2)13(18)8-15-6-12-7-16-14-5-4-11(3)9-17(12)14/h4-5,7,9-10,13,15,18H,6,8H2,1-3H3. The number of pyridine rings is 1. The summed E-state index contributed by atoms with van der Waals surface area (Å²) in [7, 11) is 0. The summed E-state index contributed by atoms with van der Waals surface area (Å²) in [5, 5.41) is 13.0. The lowest BCUT2D eigenvalue weighted by Gasteiger charge is -2.14. The molecule has 98 valence electrons. The molecule has 18 heavy (non-hydrogen) atoms. The number of hydrogen-bond acceptors (Lipinski definition) is 3. The van der Waals surface area contributed by atoms with E-state index < -0.39 is 0 Å². The van der Waals surface area contributed by atoms with Crippen LogP contribution in [0.25, 0.3) is 5.65 Å². The van der Waals surface area contributed by atoms with Crippen LogP contribution in [-0.4, -0.2) is 27.1 Å². The van der Waals surface area contributed by atoms with Crippen LogP contribution in [0.3, 0.4) is 0 Å². The van der Waals surface area contributed by atoms with Crippen molar-refractivity contribution in [3.8, 4) is 0 Å². The first-order chi connectivity index (χ1) is 8.58. The van der Waals surface area contributed by atoms with Gasteiger partial charge < -0.3 is 14.8 Å². The second-order valence-electron chi connectivity index (χ2n) is 5.13. The van der Waals surface area contributed by atoms with Gasteiger partial charge in [0.25, 0.3) is 0 Å². The Morgan fingerprint density at radius 2 is 2.17 bits per heavy atom. The zero-order valence-corrected chi connectivity index (χ0v) is 11.2. The van der Waals surface area contributed by atoms with Crippen LogP contribution in [0, 0.1) is 12.8 Å². The summed E-state index contributed by atoms with van der Waals surface area (Å²) in [6, 6.07) is 4.07. The van der Waals surface area contributed by atoms with E-state index in [0.717, 1.165) is 11.3 Å². The molecule has 0 saturated carbocycles. The zero-order valence-electron chi connectivity index (χ0n) is 11.2. The second kappa shape index (κ2) is 5.50. The summed E-state index contributed by atoms with van der Waals surface area (Å²) in [5.41, 5.74) is 3.29. The van der Waals surface area contributed by atoms with Crippen LogP contribution >= 0.6 is 0 Å². The van der Waals surface area contributed by atoms with Crippen LogP contribution < -0.4 is 5.32 Å². The number of nitrogens with one attached hydrogen (secondary N) is 1. The fourth-order valence-electron chi connectivity index (χ4n) is 1.85. The number of aliphatic hydroxyl groups excluding tert-OH is 1. The van der Waals surface area contributed by atoms with Gasteiger partial charge in [-0.2, -0.15) is 0 Å². The van der Waals surface area contributed by atoms with Gasteiger partial charge in [-0.1, -0.05) is 19.9 Å². The maximum Gasteiger partial charge on any atom is 0.136 e. The third-order valence-electron chi connectivity index (χ3n) is 3.16. The van der Waals surface area contributed by atoms with E-state index >= 15 is 0 Å². The molecule has 0 aliphatic rings. The monoisotopic (exact) mass is 247 g/mol. The molecule has 0 aliphatic heterocycles. The Labute approximate surface area is 108 Å². The molecule has 4 heteroatoms. The summed E-state index contributed by atoms with van der Waals surface area (Å²) in [4.78, 5) is 4.35. The van der Waals surface area contributed by atoms with Gasteiger partial charge in [-0.25, -0.2) is 4.98 Å². The van der Waals surface area contributed by atoms with Crippen LogP contribution in [0.5, 0.6) is 0 Å². The smallest absolute Gasteiger partial charge is 0.136 e. The Morgan fingerprint density at radius 3 is 2.89 bits per heavy atom. The lowest BCUT2D eigenvalue weighted by atomic mass is 10.1. The summed E-state index contributed by atoms with van der Waals surface area (Å²) in [5.74, 6) is 0.280. The highest BCUT2D eigenvalue weighted by atomic mass is 16.3. The molecule has 0 bridgehead atoms. The largest absolute Gasteiger partial charge is 0.392 e. The molecule has 2 rings (SSSR count). The molecule has 2 N–H and O–H groups in total. The Hall–Kier alpha value is -1.39. The first-order valence-corrected chi connectivity index (χ1v) is 6.39. The van der Waals surface area contributed by atoms with E-state index in [2.05, 4.69) is 33.9 Å². The lowest BCUT2D eigenvalue weighted by Crippen LogP contribution is -2.30. The molecule has 0 amide bonds. The van der Waals surface area contributed by atoms with Crippen LogP contribution in [0.2, 0.25) is 0 Å². The number of fused-ring (bicyclic) bond motifs is 1. The van der Waals surface area contributed by atoms with E-state index in [9.17, 15) is 5.11 Å². The average Bonchev–Trinajstić information content (AvgIpc) is 2.71. The summed E-state index contributed by atoms with van der Waals surface area (Å²) >= 11 is 0. The SMILES string of the molecule is Cc1ccc2ncc(CNCC(O)C(C)C)n2c1. The minimum Gasteiger partial charge on any atom is -0.392 e. The normalized spacial score (nSPS) is 13.4. The molecule has 0 aromatic carbocycles. The maximum absolute atomic E-state index is 9.73. The van der Waals surface area contributed by atoms with Crippen LogP contribution in [-0.2, 0) is 6.54 Å². The van der Waals surface area contributed by atoms with Crippen molar-refractivity contribution in [1.29, 1.82) is 0 Å². The van der Waals surface area contributed by atoms with E-state index in [0.29, 0.717) is 13.1 Å². The van der Waals surface area contributed by atoms with Gasteiger partial charge in [0.2, 0.25) is 0 Å². The molecule has 0 fully saturated rings. The highest BCUT2D eigenvalue weighted by molar-refractivity contribution is 5.41. The predicted molar refractivity (Wildman–Crippen MR) is 72.5 cm³/mol. The molecule has 0 spiro atoms. The number of hydrogen-bond donors (Lipinski definition) is 2. The van der Waals surface area contributed by atoms with Gasteiger partial charge in [0.1, 0.15) is 5.65 Å². The van der Waals surface area contributed by atoms with Crippen molar-refractivity contribution in [2.45, 2.75) is 33.4 Å². The molecule has 0 radical (unpaired) electrons. The predicted octanol–water partition coefficient (Wildman–Crippen LogP) is 1.75. The number of imidazole rings is 1. The van der Waals surface area contributed by atoms with E-state index in [1.165, 1.54) is 5.56 Å². The van der Waals surface area contributed by atoms with Crippen molar-refractivity contribution in [2.24, 2.45) is 5.92 Å². The van der Waals surface area contributed by atoms with Gasteiger partial charge in [-0.3, -0.25) is 0 Å². The Morgan fingerprint density at radius 1 is 1.39 bits per heavy atom. The maximum atomic E-state index is 9.73. The lowest BCUT2D eigenvalue weighted by molar-refractivity contribution is 0.123. The Bertz CT molecular complexity index is 519. The average molecular weight is 247 g/mol. The number of aliphatic hydroxyl groups is 1. The van der Waals surface area contributed by atoms with E-state index in [-0.39, 0.29) is 12.0 Å². The van der Waals surface area contributed by atoms with Crippen molar-refractivity contribution in [2.75, 3.05) is 6.54 Å². The van der Waals surface area contributed by atoms with Crippen LogP contribution in [0.1, 0.15) is 25.1 Å². The summed E-state index contributed by atoms with van der Waals surface area (Å²) in [6.45, 7) is 7.43. The van der Waals surface area contributed by atoms with E-state index in [1.54, 1.807) is 0 Å². The highest BCUT2D eigenvalue weighted by Gasteiger charge is 2.09. The van der Waals surface area contributed by atoms with Gasteiger partial charge in [0, 0.05) is 19.3 Å².